The van der Waals surface area contributed by atoms with Crippen molar-refractivity contribution in [2.24, 2.45) is 16.9 Å². The predicted molar refractivity (Wildman–Crippen MR) is 101 cm³/mol. The van der Waals surface area contributed by atoms with Gasteiger partial charge in [-0.25, -0.2) is 4.79 Å². The highest BCUT2D eigenvalue weighted by atomic mass is 19.4. The van der Waals surface area contributed by atoms with Gasteiger partial charge >= 0.3 is 18.2 Å². The summed E-state index contributed by atoms with van der Waals surface area (Å²) in [4.78, 5) is 23.7. The molecule has 0 unspecified atom stereocenters. The maximum absolute atomic E-state index is 13.3. The molecule has 1 aromatic rings. The van der Waals surface area contributed by atoms with Gasteiger partial charge in [-0.15, -0.1) is 0 Å². The third kappa shape index (κ3) is 4.60. The number of rotatable bonds is 6. The lowest BCUT2D eigenvalue weighted by atomic mass is 9.94. The van der Waals surface area contributed by atoms with E-state index in [-0.39, 0.29) is 12.3 Å². The summed E-state index contributed by atoms with van der Waals surface area (Å²) < 4.78 is 50.2. The van der Waals surface area contributed by atoms with Gasteiger partial charge in [0.25, 0.3) is 0 Å². The zero-order valence-electron chi connectivity index (χ0n) is 16.4. The minimum atomic E-state index is -4.60. The first kappa shape index (κ1) is 21.7. The molecule has 11 heteroatoms. The lowest BCUT2D eigenvalue weighted by Gasteiger charge is -2.36. The van der Waals surface area contributed by atoms with E-state index in [4.69, 9.17) is 9.84 Å². The smallest absolute Gasteiger partial charge is 0.431 e. The molecule has 3 rings (SSSR count). The van der Waals surface area contributed by atoms with E-state index in [1.165, 1.54) is 23.9 Å². The Labute approximate surface area is 170 Å². The van der Waals surface area contributed by atoms with Crippen molar-refractivity contribution < 1.29 is 37.3 Å². The molecule has 0 bridgehead atoms. The Bertz CT molecular complexity index is 822. The fraction of sp³-hybridized carbons (Fsp3) is 0.526. The Morgan fingerprint density at radius 1 is 1.23 bits per heavy atom. The van der Waals surface area contributed by atoms with Crippen molar-refractivity contribution in [1.29, 1.82) is 0 Å². The van der Waals surface area contributed by atoms with E-state index in [0.717, 1.165) is 0 Å². The van der Waals surface area contributed by atoms with Crippen LogP contribution in [0.25, 0.3) is 0 Å². The van der Waals surface area contributed by atoms with Gasteiger partial charge in [0, 0.05) is 24.9 Å². The minimum Gasteiger partial charge on any atom is -0.493 e. The number of methoxy groups -OCH3 is 1. The molecule has 8 nitrogen and oxygen atoms in total. The number of anilines is 1. The van der Waals surface area contributed by atoms with Crippen LogP contribution in [0, 0.1) is 11.8 Å². The summed E-state index contributed by atoms with van der Waals surface area (Å²) in [6.45, 7) is 2.54. The van der Waals surface area contributed by atoms with Gasteiger partial charge < -0.3 is 19.5 Å². The monoisotopic (exact) mass is 429 g/mol. The molecule has 1 aromatic carbocycles. The number of carbonyl (C=O) groups excluding carboxylic acids is 1. The second kappa shape index (κ2) is 8.41. The minimum absolute atomic E-state index is 0.101. The van der Waals surface area contributed by atoms with Gasteiger partial charge in [-0.1, -0.05) is 6.92 Å². The number of carbonyl (C=O) groups is 2. The summed E-state index contributed by atoms with van der Waals surface area (Å²) in [5.41, 5.74) is -0.548. The zero-order chi connectivity index (χ0) is 22.1. The van der Waals surface area contributed by atoms with Crippen molar-refractivity contribution in [3.63, 3.8) is 0 Å². The van der Waals surface area contributed by atoms with E-state index in [2.05, 4.69) is 9.84 Å². The first-order chi connectivity index (χ1) is 14.1. The molecule has 2 aliphatic rings. The van der Waals surface area contributed by atoms with Crippen LogP contribution >= 0.6 is 0 Å². The normalized spacial score (nSPS) is 21.8. The maximum atomic E-state index is 13.3. The SMILES string of the molecule is COC(=O)C[C@H]1[C@H](C)C(C(F)(F)F)=NN1c1ccc(OCC2CN(C(=O)O)C2)cc1. The summed E-state index contributed by atoms with van der Waals surface area (Å²) in [5, 5.41) is 13.8. The van der Waals surface area contributed by atoms with Crippen LogP contribution in [0.3, 0.4) is 0 Å². The summed E-state index contributed by atoms with van der Waals surface area (Å²) in [6.07, 6.45) is -5.80. The number of alkyl halides is 3. The summed E-state index contributed by atoms with van der Waals surface area (Å²) in [6, 6.07) is 5.52. The molecule has 0 saturated carbocycles. The molecule has 2 aliphatic heterocycles. The number of amides is 1. The second-order valence-corrected chi connectivity index (χ2v) is 7.32. The predicted octanol–water partition coefficient (Wildman–Crippen LogP) is 2.98. The second-order valence-electron chi connectivity index (χ2n) is 7.32. The third-order valence-corrected chi connectivity index (χ3v) is 5.25. The number of carboxylic acid groups (broad SMARTS) is 1. The van der Waals surface area contributed by atoms with Gasteiger partial charge in [-0.05, 0) is 24.3 Å². The first-order valence-corrected chi connectivity index (χ1v) is 9.32. The molecule has 0 radical (unpaired) electrons. The molecule has 1 amide bonds. The number of esters is 1. The van der Waals surface area contributed by atoms with Crippen LogP contribution < -0.4 is 9.75 Å². The van der Waals surface area contributed by atoms with E-state index in [1.807, 2.05) is 0 Å². The average molecular weight is 429 g/mol. The number of benzene rings is 1. The van der Waals surface area contributed by atoms with Crippen LogP contribution in [-0.2, 0) is 9.53 Å². The average Bonchev–Trinajstić information content (AvgIpc) is 2.97. The highest BCUT2D eigenvalue weighted by molar-refractivity contribution is 5.96. The Kier molecular flexibility index (Phi) is 6.09. The number of hydrogen-bond acceptors (Lipinski definition) is 6. The van der Waals surface area contributed by atoms with Crippen LogP contribution in [0.15, 0.2) is 29.4 Å². The first-order valence-electron chi connectivity index (χ1n) is 9.32. The number of hydrogen-bond donors (Lipinski definition) is 1. The number of likely N-dealkylation sites (tertiary alicyclic amines) is 1. The Morgan fingerprint density at radius 2 is 1.87 bits per heavy atom. The van der Waals surface area contributed by atoms with Gasteiger partial charge in [0.15, 0.2) is 0 Å². The van der Waals surface area contributed by atoms with Crippen molar-refractivity contribution in [3.05, 3.63) is 24.3 Å². The molecule has 30 heavy (non-hydrogen) atoms. The van der Waals surface area contributed by atoms with Gasteiger partial charge in [0.2, 0.25) is 0 Å². The Morgan fingerprint density at radius 3 is 2.40 bits per heavy atom. The lowest BCUT2D eigenvalue weighted by Crippen LogP contribution is -2.51. The molecular weight excluding hydrogens is 407 g/mol. The summed E-state index contributed by atoms with van der Waals surface area (Å²) in [7, 11) is 1.18. The number of hydrazone groups is 1. The quantitative estimate of drug-likeness (QED) is 0.699. The molecule has 1 N–H and O–H groups in total. The van der Waals surface area contributed by atoms with Crippen molar-refractivity contribution in [3.8, 4) is 5.75 Å². The van der Waals surface area contributed by atoms with E-state index in [0.29, 0.717) is 31.1 Å². The molecule has 0 aromatic heterocycles. The molecule has 0 spiro atoms. The highest BCUT2D eigenvalue weighted by Gasteiger charge is 2.48. The van der Waals surface area contributed by atoms with Crippen LogP contribution in [0.4, 0.5) is 23.7 Å². The van der Waals surface area contributed by atoms with E-state index in [1.54, 1.807) is 24.3 Å². The molecule has 2 atom stereocenters. The van der Waals surface area contributed by atoms with Gasteiger partial charge in [-0.2, -0.15) is 18.3 Å². The van der Waals surface area contributed by atoms with E-state index >= 15 is 0 Å². The van der Waals surface area contributed by atoms with Crippen molar-refractivity contribution in [1.82, 2.24) is 4.90 Å². The van der Waals surface area contributed by atoms with Crippen LogP contribution in [0.2, 0.25) is 0 Å². The standard InChI is InChI=1S/C19H22F3N3O5/c1-11-15(7-16(26)29-2)25(23-17(11)19(20,21)22)13-3-5-14(6-4-13)30-10-12-8-24(9-12)18(27)28/h3-6,11-12,15H,7-10H2,1-2H3,(H,27,28)/t11-,15-/m0/s1. The van der Waals surface area contributed by atoms with Gasteiger partial charge in [-0.3, -0.25) is 9.80 Å². The van der Waals surface area contributed by atoms with Crippen LogP contribution in [-0.4, -0.2) is 66.8 Å². The summed E-state index contributed by atoms with van der Waals surface area (Å²) >= 11 is 0. The van der Waals surface area contributed by atoms with Crippen molar-refractivity contribution >= 4 is 23.5 Å². The van der Waals surface area contributed by atoms with Crippen molar-refractivity contribution in [2.75, 3.05) is 31.8 Å². The van der Waals surface area contributed by atoms with Crippen LogP contribution in [0.5, 0.6) is 5.75 Å². The van der Waals surface area contributed by atoms with Gasteiger partial charge in [0.05, 0.1) is 31.9 Å². The van der Waals surface area contributed by atoms with E-state index in [9.17, 15) is 22.8 Å². The molecule has 0 aliphatic carbocycles. The lowest BCUT2D eigenvalue weighted by molar-refractivity contribution is -0.141. The summed E-state index contributed by atoms with van der Waals surface area (Å²) in [5.74, 6) is -1.02. The third-order valence-electron chi connectivity index (χ3n) is 5.25. The largest absolute Gasteiger partial charge is 0.493 e. The van der Waals surface area contributed by atoms with Crippen molar-refractivity contribution in [2.45, 2.75) is 25.6 Å². The topological polar surface area (TPSA) is 91.7 Å². The zero-order valence-corrected chi connectivity index (χ0v) is 16.4. The Hall–Kier alpha value is -2.98. The highest BCUT2D eigenvalue weighted by Crippen LogP contribution is 2.37. The molecule has 1 saturated heterocycles. The molecule has 1 fully saturated rings. The fourth-order valence-corrected chi connectivity index (χ4v) is 3.50. The Balaban J connectivity index is 1.68. The number of halogens is 3. The number of nitrogens with zero attached hydrogens (tertiary/aromatic N) is 3. The molecule has 2 heterocycles. The van der Waals surface area contributed by atoms with E-state index < -0.39 is 35.9 Å². The number of ether oxygens (including phenoxy) is 2. The molecule has 164 valence electrons. The van der Waals surface area contributed by atoms with Crippen LogP contribution in [0.1, 0.15) is 13.3 Å². The van der Waals surface area contributed by atoms with Gasteiger partial charge in [0.1, 0.15) is 11.5 Å². The fourth-order valence-electron chi connectivity index (χ4n) is 3.50. The maximum Gasteiger partial charge on any atom is 0.431 e. The molecular formula is C19H22F3N3O5.